The minimum absolute atomic E-state index is 0.0301. The Bertz CT molecular complexity index is 1200. The van der Waals surface area contributed by atoms with E-state index in [9.17, 15) is 18.0 Å². The second-order valence-electron chi connectivity index (χ2n) is 8.49. The van der Waals surface area contributed by atoms with E-state index < -0.39 is 17.8 Å². The molecule has 12 heteroatoms. The molecular weight excluding hydrogens is 465 g/mol. The van der Waals surface area contributed by atoms with Gasteiger partial charge in [0, 0.05) is 49.0 Å². The average Bonchev–Trinajstić information content (AvgIpc) is 3.30. The molecular formula is C23H25F3N6O3. The number of rotatable bonds is 4. The Labute approximate surface area is 199 Å². The van der Waals surface area contributed by atoms with E-state index in [2.05, 4.69) is 25.6 Å². The summed E-state index contributed by atoms with van der Waals surface area (Å²) in [4.78, 5) is 25.3. The van der Waals surface area contributed by atoms with Crippen LogP contribution in [0.15, 0.2) is 30.6 Å². The Hall–Kier alpha value is -3.38. The van der Waals surface area contributed by atoms with Crippen LogP contribution in [0.2, 0.25) is 0 Å². The Kier molecular flexibility index (Phi) is 6.48. The van der Waals surface area contributed by atoms with Crippen LogP contribution < -0.4 is 15.4 Å². The Balaban J connectivity index is 1.49. The standard InChI is InChI=1S/C23H25F3N6O3/c24-23(25,26)17-13-29-21(30-14-3-2-6-27-11-14)31-19(17)16-12-28-20-15(16)4-1-5-18(20)35-22(33)32-7-9-34-10-8-32/h1,4-5,12-14,27-28H,2-3,6-11H2,(H,29,30,31)/t14-/m0/s1. The highest BCUT2D eigenvalue weighted by Gasteiger charge is 2.36. The van der Waals surface area contributed by atoms with Gasteiger partial charge in [0.25, 0.3) is 0 Å². The molecule has 3 N–H and O–H groups in total. The summed E-state index contributed by atoms with van der Waals surface area (Å²) >= 11 is 0. The third kappa shape index (κ3) is 5.03. The minimum atomic E-state index is -4.65. The lowest BCUT2D eigenvalue weighted by Crippen LogP contribution is -2.42. The molecule has 2 aliphatic rings. The molecule has 4 heterocycles. The quantitative estimate of drug-likeness (QED) is 0.513. The van der Waals surface area contributed by atoms with E-state index in [0.29, 0.717) is 43.8 Å². The van der Waals surface area contributed by atoms with Gasteiger partial charge < -0.3 is 30.0 Å². The average molecular weight is 490 g/mol. The predicted molar refractivity (Wildman–Crippen MR) is 122 cm³/mol. The SMILES string of the molecule is O=C(Oc1cccc2c(-c3nc(N[C@H]4CCCNC4)ncc3C(F)(F)F)c[nH]c12)N1CCOCC1. The summed E-state index contributed by atoms with van der Waals surface area (Å²) in [6.45, 7) is 3.26. The lowest BCUT2D eigenvalue weighted by atomic mass is 10.1. The number of H-pyrrole nitrogens is 1. The van der Waals surface area contributed by atoms with E-state index in [4.69, 9.17) is 9.47 Å². The smallest absolute Gasteiger partial charge is 0.408 e. The van der Waals surface area contributed by atoms with Gasteiger partial charge in [0.15, 0.2) is 5.75 Å². The molecule has 2 saturated heterocycles. The Morgan fingerprint density at radius 1 is 1.26 bits per heavy atom. The second kappa shape index (κ2) is 9.70. The van der Waals surface area contributed by atoms with Crippen molar-refractivity contribution in [2.24, 2.45) is 0 Å². The molecule has 35 heavy (non-hydrogen) atoms. The summed E-state index contributed by atoms with van der Waals surface area (Å²) < 4.78 is 52.5. The number of hydrogen-bond donors (Lipinski definition) is 3. The van der Waals surface area contributed by atoms with Crippen molar-refractivity contribution >= 4 is 22.9 Å². The number of amides is 1. The zero-order valence-corrected chi connectivity index (χ0v) is 18.8. The molecule has 0 spiro atoms. The van der Waals surface area contributed by atoms with Gasteiger partial charge in [-0.1, -0.05) is 12.1 Å². The number of ether oxygens (including phenoxy) is 2. The van der Waals surface area contributed by atoms with Gasteiger partial charge in [-0.3, -0.25) is 0 Å². The fourth-order valence-electron chi connectivity index (χ4n) is 4.33. The van der Waals surface area contributed by atoms with Crippen LogP contribution in [0.25, 0.3) is 22.2 Å². The van der Waals surface area contributed by atoms with Crippen LogP contribution in [0.5, 0.6) is 5.75 Å². The molecule has 3 aromatic rings. The number of para-hydroxylation sites is 1. The van der Waals surface area contributed by atoms with Crippen molar-refractivity contribution in [1.82, 2.24) is 25.2 Å². The first-order valence-corrected chi connectivity index (χ1v) is 11.5. The molecule has 1 amide bonds. The summed E-state index contributed by atoms with van der Waals surface area (Å²) in [6, 6.07) is 4.91. The maximum absolute atomic E-state index is 13.9. The molecule has 186 valence electrons. The van der Waals surface area contributed by atoms with Crippen molar-refractivity contribution in [3.63, 3.8) is 0 Å². The van der Waals surface area contributed by atoms with Gasteiger partial charge in [0.1, 0.15) is 5.56 Å². The number of hydrogen-bond acceptors (Lipinski definition) is 7. The number of nitrogens with one attached hydrogen (secondary N) is 3. The number of morpholine rings is 1. The van der Waals surface area contributed by atoms with Crippen molar-refractivity contribution in [2.45, 2.75) is 25.1 Å². The maximum atomic E-state index is 13.9. The summed E-state index contributed by atoms with van der Waals surface area (Å²) in [5.41, 5.74) is -0.547. The summed E-state index contributed by atoms with van der Waals surface area (Å²) in [6.07, 6.45) is -1.10. The molecule has 0 saturated carbocycles. The second-order valence-corrected chi connectivity index (χ2v) is 8.49. The number of benzene rings is 1. The Morgan fingerprint density at radius 3 is 2.83 bits per heavy atom. The van der Waals surface area contributed by atoms with Crippen LogP contribution in [0.3, 0.4) is 0 Å². The minimum Gasteiger partial charge on any atom is -0.408 e. The van der Waals surface area contributed by atoms with Crippen molar-refractivity contribution in [1.29, 1.82) is 0 Å². The van der Waals surface area contributed by atoms with E-state index >= 15 is 0 Å². The fourth-order valence-corrected chi connectivity index (χ4v) is 4.33. The molecule has 1 atom stereocenters. The number of fused-ring (bicyclic) bond motifs is 1. The highest BCUT2D eigenvalue weighted by molar-refractivity contribution is 5.99. The molecule has 9 nitrogen and oxygen atoms in total. The normalized spacial score (nSPS) is 19.1. The number of aromatic nitrogens is 3. The molecule has 2 aliphatic heterocycles. The van der Waals surface area contributed by atoms with Crippen LogP contribution in [-0.2, 0) is 10.9 Å². The third-order valence-electron chi connectivity index (χ3n) is 6.12. The summed E-state index contributed by atoms with van der Waals surface area (Å²) in [5.74, 6) is 0.352. The first-order chi connectivity index (χ1) is 16.9. The zero-order chi connectivity index (χ0) is 24.4. The van der Waals surface area contributed by atoms with Crippen molar-refractivity contribution in [3.8, 4) is 17.0 Å². The predicted octanol–water partition coefficient (Wildman–Crippen LogP) is 3.64. The van der Waals surface area contributed by atoms with Crippen LogP contribution in [0, 0.1) is 0 Å². The third-order valence-corrected chi connectivity index (χ3v) is 6.12. The largest absolute Gasteiger partial charge is 0.419 e. The van der Waals surface area contributed by atoms with Crippen molar-refractivity contribution < 1.29 is 27.4 Å². The van der Waals surface area contributed by atoms with Gasteiger partial charge in [-0.2, -0.15) is 13.2 Å². The first-order valence-electron chi connectivity index (χ1n) is 11.5. The topological polar surface area (TPSA) is 104 Å². The number of nitrogens with zero attached hydrogens (tertiary/aromatic N) is 3. The molecule has 1 aromatic carbocycles. The number of anilines is 1. The van der Waals surface area contributed by atoms with Crippen LogP contribution in [0.4, 0.5) is 23.9 Å². The highest BCUT2D eigenvalue weighted by atomic mass is 19.4. The molecule has 2 fully saturated rings. The number of aromatic amines is 1. The molecule has 0 bridgehead atoms. The van der Waals surface area contributed by atoms with E-state index in [-0.39, 0.29) is 29.0 Å². The van der Waals surface area contributed by atoms with Gasteiger partial charge in [0.2, 0.25) is 5.95 Å². The first kappa shape index (κ1) is 23.4. The Morgan fingerprint density at radius 2 is 2.09 bits per heavy atom. The van der Waals surface area contributed by atoms with Gasteiger partial charge in [0.05, 0.1) is 24.4 Å². The zero-order valence-electron chi connectivity index (χ0n) is 18.8. The molecule has 0 aliphatic carbocycles. The van der Waals surface area contributed by atoms with Gasteiger partial charge in [-0.25, -0.2) is 14.8 Å². The maximum Gasteiger partial charge on any atom is 0.419 e. The highest BCUT2D eigenvalue weighted by Crippen LogP contribution is 2.40. The summed E-state index contributed by atoms with van der Waals surface area (Å²) in [5, 5.41) is 6.83. The molecule has 0 radical (unpaired) electrons. The molecule has 5 rings (SSSR count). The summed E-state index contributed by atoms with van der Waals surface area (Å²) in [7, 11) is 0. The molecule has 0 unspecified atom stereocenters. The van der Waals surface area contributed by atoms with Crippen LogP contribution >= 0.6 is 0 Å². The van der Waals surface area contributed by atoms with Crippen molar-refractivity contribution in [2.75, 3.05) is 44.7 Å². The van der Waals surface area contributed by atoms with Crippen LogP contribution in [-0.4, -0.2) is 71.4 Å². The van der Waals surface area contributed by atoms with E-state index in [1.807, 2.05) is 0 Å². The molecule has 2 aromatic heterocycles. The van der Waals surface area contributed by atoms with Gasteiger partial charge >= 0.3 is 12.3 Å². The van der Waals surface area contributed by atoms with E-state index in [1.165, 1.54) is 11.1 Å². The fraction of sp³-hybridized carbons (Fsp3) is 0.435. The van der Waals surface area contributed by atoms with Gasteiger partial charge in [-0.15, -0.1) is 0 Å². The van der Waals surface area contributed by atoms with Crippen LogP contribution in [0.1, 0.15) is 18.4 Å². The van der Waals surface area contributed by atoms with Gasteiger partial charge in [-0.05, 0) is 25.5 Å². The number of carbonyl (C=O) groups is 1. The van der Waals surface area contributed by atoms with Crippen molar-refractivity contribution in [3.05, 3.63) is 36.2 Å². The lowest BCUT2D eigenvalue weighted by Gasteiger charge is -2.25. The number of halogens is 3. The number of piperidine rings is 1. The van der Waals surface area contributed by atoms with E-state index in [0.717, 1.165) is 25.6 Å². The van der Waals surface area contributed by atoms with E-state index in [1.54, 1.807) is 18.2 Å². The monoisotopic (exact) mass is 490 g/mol. The number of alkyl halides is 3. The lowest BCUT2D eigenvalue weighted by molar-refractivity contribution is -0.137. The number of carbonyl (C=O) groups excluding carboxylic acids is 1.